The minimum atomic E-state index is 0.134. The number of carbonyl (C=O) groups is 1. The van der Waals surface area contributed by atoms with Crippen molar-refractivity contribution in [3.8, 4) is 0 Å². The van der Waals surface area contributed by atoms with Gasteiger partial charge in [-0.15, -0.1) is 0 Å². The van der Waals surface area contributed by atoms with Crippen LogP contribution >= 0.6 is 23.2 Å². The average Bonchev–Trinajstić information content (AvgIpc) is 2.64. The van der Waals surface area contributed by atoms with E-state index in [9.17, 15) is 4.79 Å². The molecule has 0 saturated heterocycles. The number of allylic oxidation sites excluding steroid dienone is 1. The van der Waals surface area contributed by atoms with Crippen LogP contribution in [0.5, 0.6) is 0 Å². The molecule has 2 rings (SSSR count). The number of halogens is 2. The zero-order valence-corrected chi connectivity index (χ0v) is 11.9. The highest BCUT2D eigenvalue weighted by Gasteiger charge is 2.30. The van der Waals surface area contributed by atoms with Crippen LogP contribution in [-0.2, 0) is 4.79 Å². The van der Waals surface area contributed by atoms with Crippen molar-refractivity contribution in [2.24, 2.45) is 0 Å². The molecule has 0 unspecified atom stereocenters. The molecule has 0 aliphatic heterocycles. The number of ketones is 1. The second-order valence-corrected chi connectivity index (χ2v) is 5.55. The summed E-state index contributed by atoms with van der Waals surface area (Å²) in [5.74, 6) is 0.356. The van der Waals surface area contributed by atoms with Gasteiger partial charge >= 0.3 is 0 Å². The molecule has 0 amide bonds. The van der Waals surface area contributed by atoms with Crippen LogP contribution in [0.2, 0.25) is 10.0 Å². The number of hydrogen-bond donors (Lipinski definition) is 0. The number of carbonyl (C=O) groups excluding carboxylic acids is 1. The van der Waals surface area contributed by atoms with E-state index in [-0.39, 0.29) is 11.7 Å². The van der Waals surface area contributed by atoms with E-state index in [0.29, 0.717) is 16.5 Å². The summed E-state index contributed by atoms with van der Waals surface area (Å²) in [5.41, 5.74) is 1.92. The maximum atomic E-state index is 11.9. The Morgan fingerprint density at radius 1 is 1.28 bits per heavy atom. The lowest BCUT2D eigenvalue weighted by Gasteiger charge is -2.15. The quantitative estimate of drug-likeness (QED) is 0.768. The highest BCUT2D eigenvalue weighted by molar-refractivity contribution is 6.42. The summed E-state index contributed by atoms with van der Waals surface area (Å²) in [7, 11) is 3.84. The monoisotopic (exact) mass is 283 g/mol. The second kappa shape index (κ2) is 5.33. The van der Waals surface area contributed by atoms with Gasteiger partial charge in [-0.3, -0.25) is 4.79 Å². The van der Waals surface area contributed by atoms with Crippen LogP contribution < -0.4 is 0 Å². The Kier molecular flexibility index (Phi) is 3.98. The Morgan fingerprint density at radius 3 is 2.61 bits per heavy atom. The van der Waals surface area contributed by atoms with E-state index in [0.717, 1.165) is 17.6 Å². The van der Waals surface area contributed by atoms with Gasteiger partial charge in [0.1, 0.15) is 0 Å². The highest BCUT2D eigenvalue weighted by atomic mass is 35.5. The molecule has 4 heteroatoms. The summed E-state index contributed by atoms with van der Waals surface area (Å²) in [6.45, 7) is 0. The summed E-state index contributed by atoms with van der Waals surface area (Å²) in [6.07, 6.45) is 3.35. The molecule has 96 valence electrons. The first kappa shape index (κ1) is 13.4. The van der Waals surface area contributed by atoms with E-state index in [1.54, 1.807) is 6.07 Å². The van der Waals surface area contributed by atoms with E-state index in [2.05, 4.69) is 0 Å². The fourth-order valence-electron chi connectivity index (χ4n) is 2.29. The maximum absolute atomic E-state index is 11.9. The maximum Gasteiger partial charge on any atom is 0.160 e. The van der Waals surface area contributed by atoms with Gasteiger partial charge in [-0.05, 0) is 24.1 Å². The van der Waals surface area contributed by atoms with Gasteiger partial charge in [0.25, 0.3) is 0 Å². The average molecular weight is 284 g/mol. The van der Waals surface area contributed by atoms with Crippen molar-refractivity contribution in [3.63, 3.8) is 0 Å². The van der Waals surface area contributed by atoms with Crippen LogP contribution in [-0.4, -0.2) is 24.8 Å². The topological polar surface area (TPSA) is 20.3 Å². The lowest BCUT2D eigenvalue weighted by atomic mass is 9.94. The molecular weight excluding hydrogens is 269 g/mol. The van der Waals surface area contributed by atoms with Crippen LogP contribution in [0.1, 0.15) is 24.3 Å². The predicted molar refractivity (Wildman–Crippen MR) is 75.2 cm³/mol. The van der Waals surface area contributed by atoms with Gasteiger partial charge in [-0.1, -0.05) is 29.3 Å². The minimum Gasteiger partial charge on any atom is -0.383 e. The summed E-state index contributed by atoms with van der Waals surface area (Å²) < 4.78 is 0. The van der Waals surface area contributed by atoms with Crippen LogP contribution in [0.15, 0.2) is 30.0 Å². The summed E-state index contributed by atoms with van der Waals surface area (Å²) in [6, 6.07) is 5.59. The number of hydrogen-bond acceptors (Lipinski definition) is 2. The molecule has 0 radical (unpaired) electrons. The van der Waals surface area contributed by atoms with Gasteiger partial charge in [0, 0.05) is 38.2 Å². The molecule has 0 N–H and O–H groups in total. The Hall–Kier alpha value is -0.990. The van der Waals surface area contributed by atoms with Crippen LogP contribution in [0, 0.1) is 0 Å². The number of rotatable bonds is 2. The van der Waals surface area contributed by atoms with E-state index < -0.39 is 0 Å². The van der Waals surface area contributed by atoms with E-state index >= 15 is 0 Å². The van der Waals surface area contributed by atoms with Crippen molar-refractivity contribution < 1.29 is 4.79 Å². The van der Waals surface area contributed by atoms with Gasteiger partial charge in [0.2, 0.25) is 0 Å². The highest BCUT2D eigenvalue weighted by Crippen LogP contribution is 2.38. The van der Waals surface area contributed by atoms with Crippen LogP contribution in [0.4, 0.5) is 0 Å². The lowest BCUT2D eigenvalue weighted by molar-refractivity contribution is -0.114. The molecule has 1 aliphatic rings. The third-order valence-electron chi connectivity index (χ3n) is 3.10. The number of nitrogens with zero attached hydrogens (tertiary/aromatic N) is 1. The molecule has 1 atom stereocenters. The SMILES string of the molecule is CN(C)/C=C1\C(=O)CC[C@@H]1c1ccc(Cl)c(Cl)c1. The molecule has 0 aromatic heterocycles. The first-order valence-corrected chi connectivity index (χ1v) is 6.61. The Morgan fingerprint density at radius 2 is 2.00 bits per heavy atom. The van der Waals surface area contributed by atoms with E-state index in [1.165, 1.54) is 0 Å². The fraction of sp³-hybridized carbons (Fsp3) is 0.357. The van der Waals surface area contributed by atoms with Crippen molar-refractivity contribution in [1.82, 2.24) is 4.90 Å². The van der Waals surface area contributed by atoms with E-state index in [1.807, 2.05) is 37.3 Å². The van der Waals surface area contributed by atoms with Crippen molar-refractivity contribution in [2.75, 3.05) is 14.1 Å². The molecule has 1 aromatic carbocycles. The Labute approximate surface area is 117 Å². The van der Waals surface area contributed by atoms with Crippen molar-refractivity contribution in [3.05, 3.63) is 45.6 Å². The molecule has 18 heavy (non-hydrogen) atoms. The van der Waals surface area contributed by atoms with Gasteiger partial charge in [0.05, 0.1) is 10.0 Å². The molecule has 0 spiro atoms. The van der Waals surface area contributed by atoms with E-state index in [4.69, 9.17) is 23.2 Å². The molecule has 1 aliphatic carbocycles. The lowest BCUT2D eigenvalue weighted by Crippen LogP contribution is -2.08. The van der Waals surface area contributed by atoms with Gasteiger partial charge in [0.15, 0.2) is 5.78 Å². The number of Topliss-reactive ketones (excluding diaryl/α,β-unsaturated/α-hetero) is 1. The molecule has 1 fully saturated rings. The first-order chi connectivity index (χ1) is 8.49. The molecule has 2 nitrogen and oxygen atoms in total. The summed E-state index contributed by atoms with van der Waals surface area (Å²) in [5, 5.41) is 1.08. The van der Waals surface area contributed by atoms with Gasteiger partial charge < -0.3 is 4.90 Å². The van der Waals surface area contributed by atoms with Gasteiger partial charge in [-0.25, -0.2) is 0 Å². The van der Waals surface area contributed by atoms with Gasteiger partial charge in [-0.2, -0.15) is 0 Å². The normalized spacial score (nSPS) is 21.7. The first-order valence-electron chi connectivity index (χ1n) is 5.85. The second-order valence-electron chi connectivity index (χ2n) is 4.74. The molecule has 1 aromatic rings. The third kappa shape index (κ3) is 2.70. The van der Waals surface area contributed by atoms with Crippen molar-refractivity contribution in [1.29, 1.82) is 0 Å². The Balaban J connectivity index is 2.37. The summed E-state index contributed by atoms with van der Waals surface area (Å²) in [4.78, 5) is 13.8. The molecule has 1 saturated carbocycles. The predicted octanol–water partition coefficient (Wildman–Crippen LogP) is 3.89. The van der Waals surface area contributed by atoms with Crippen LogP contribution in [0.25, 0.3) is 0 Å². The molecule has 0 bridgehead atoms. The minimum absolute atomic E-state index is 0.134. The fourth-order valence-corrected chi connectivity index (χ4v) is 2.59. The van der Waals surface area contributed by atoms with Crippen molar-refractivity contribution >= 4 is 29.0 Å². The standard InChI is InChI=1S/C14H15Cl2NO/c1-17(2)8-11-10(4-6-14(11)18)9-3-5-12(15)13(16)7-9/h3,5,7-8,10H,4,6H2,1-2H3/b11-8-/t10-/m1/s1. The third-order valence-corrected chi connectivity index (χ3v) is 3.84. The van der Waals surface area contributed by atoms with Crippen molar-refractivity contribution in [2.45, 2.75) is 18.8 Å². The summed E-state index contributed by atoms with van der Waals surface area (Å²) >= 11 is 12.0. The smallest absolute Gasteiger partial charge is 0.160 e. The molecule has 0 heterocycles. The molecular formula is C14H15Cl2NO. The number of benzene rings is 1. The van der Waals surface area contributed by atoms with Crippen LogP contribution in [0.3, 0.4) is 0 Å². The Bertz CT molecular complexity index is 509. The zero-order chi connectivity index (χ0) is 13.3. The zero-order valence-electron chi connectivity index (χ0n) is 10.4. The largest absolute Gasteiger partial charge is 0.383 e.